The van der Waals surface area contributed by atoms with Gasteiger partial charge < -0.3 is 15.4 Å². The van der Waals surface area contributed by atoms with Crippen molar-refractivity contribution < 1.29 is 9.53 Å². The molecule has 1 fully saturated rings. The largest absolute Gasteiger partial charge is 0.383 e. The maximum absolute atomic E-state index is 11.6. The molecule has 0 aromatic carbocycles. The van der Waals surface area contributed by atoms with Gasteiger partial charge in [-0.1, -0.05) is 0 Å². The van der Waals surface area contributed by atoms with E-state index in [2.05, 4.69) is 17.6 Å². The molecule has 0 saturated carbocycles. The van der Waals surface area contributed by atoms with Crippen LogP contribution in [0.25, 0.3) is 0 Å². The lowest BCUT2D eigenvalue weighted by atomic mass is 9.99. The van der Waals surface area contributed by atoms with E-state index in [1.165, 1.54) is 6.42 Å². The van der Waals surface area contributed by atoms with E-state index in [0.29, 0.717) is 19.2 Å². The zero-order valence-corrected chi connectivity index (χ0v) is 9.01. The van der Waals surface area contributed by atoms with Gasteiger partial charge >= 0.3 is 0 Å². The topological polar surface area (TPSA) is 50.4 Å². The van der Waals surface area contributed by atoms with Crippen molar-refractivity contribution >= 4 is 5.91 Å². The van der Waals surface area contributed by atoms with Crippen LogP contribution in [0.4, 0.5) is 0 Å². The molecule has 4 heteroatoms. The van der Waals surface area contributed by atoms with Crippen molar-refractivity contribution in [3.05, 3.63) is 0 Å². The summed E-state index contributed by atoms with van der Waals surface area (Å²) in [7, 11) is 1.63. The highest BCUT2D eigenvalue weighted by molar-refractivity contribution is 5.81. The SMILES string of the molecule is COCCNC(=O)[C@@H]1CCC[C@@H](C)N1. The molecule has 0 bridgehead atoms. The number of rotatable bonds is 4. The molecule has 1 rings (SSSR count). The number of carbonyl (C=O) groups is 1. The molecule has 14 heavy (non-hydrogen) atoms. The zero-order valence-electron chi connectivity index (χ0n) is 9.01. The molecule has 0 aromatic rings. The smallest absolute Gasteiger partial charge is 0.237 e. The highest BCUT2D eigenvalue weighted by Gasteiger charge is 2.23. The van der Waals surface area contributed by atoms with Gasteiger partial charge in [0.15, 0.2) is 0 Å². The lowest BCUT2D eigenvalue weighted by Crippen LogP contribution is -2.50. The van der Waals surface area contributed by atoms with Crippen molar-refractivity contribution in [1.29, 1.82) is 0 Å². The number of nitrogens with one attached hydrogen (secondary N) is 2. The lowest BCUT2D eigenvalue weighted by molar-refractivity contribution is -0.124. The number of piperidine rings is 1. The molecule has 1 heterocycles. The Morgan fingerprint density at radius 2 is 2.36 bits per heavy atom. The van der Waals surface area contributed by atoms with E-state index in [9.17, 15) is 4.79 Å². The minimum absolute atomic E-state index is 0.00407. The summed E-state index contributed by atoms with van der Waals surface area (Å²) in [4.78, 5) is 11.6. The Kier molecular flexibility index (Phi) is 4.90. The Hall–Kier alpha value is -0.610. The molecule has 82 valence electrons. The van der Waals surface area contributed by atoms with Gasteiger partial charge in [0, 0.05) is 19.7 Å². The molecule has 0 aromatic heterocycles. The molecule has 2 N–H and O–H groups in total. The molecule has 0 unspecified atom stereocenters. The molecular formula is C10H20N2O2. The van der Waals surface area contributed by atoms with Crippen LogP contribution in [0.1, 0.15) is 26.2 Å². The number of methoxy groups -OCH3 is 1. The minimum Gasteiger partial charge on any atom is -0.383 e. The number of ether oxygens (including phenoxy) is 1. The highest BCUT2D eigenvalue weighted by atomic mass is 16.5. The molecule has 1 aliphatic heterocycles. The Labute approximate surface area is 85.4 Å². The van der Waals surface area contributed by atoms with E-state index in [-0.39, 0.29) is 11.9 Å². The number of amides is 1. The fraction of sp³-hybridized carbons (Fsp3) is 0.900. The fourth-order valence-corrected chi connectivity index (χ4v) is 1.74. The molecule has 1 saturated heterocycles. The van der Waals surface area contributed by atoms with Gasteiger partial charge in [-0.15, -0.1) is 0 Å². The Morgan fingerprint density at radius 3 is 3.00 bits per heavy atom. The van der Waals surface area contributed by atoms with Crippen LogP contribution in [-0.4, -0.2) is 38.3 Å². The Bertz CT molecular complexity index is 185. The third-order valence-electron chi connectivity index (χ3n) is 2.54. The van der Waals surface area contributed by atoms with E-state index in [1.54, 1.807) is 7.11 Å². The van der Waals surface area contributed by atoms with Gasteiger partial charge in [0.2, 0.25) is 5.91 Å². The van der Waals surface area contributed by atoms with Crippen LogP contribution in [-0.2, 0) is 9.53 Å². The van der Waals surface area contributed by atoms with E-state index < -0.39 is 0 Å². The second kappa shape index (κ2) is 5.98. The van der Waals surface area contributed by atoms with Crippen LogP contribution in [0.5, 0.6) is 0 Å². The number of hydrogen-bond donors (Lipinski definition) is 2. The van der Waals surface area contributed by atoms with Gasteiger partial charge in [0.05, 0.1) is 12.6 Å². The average molecular weight is 200 g/mol. The summed E-state index contributed by atoms with van der Waals surface area (Å²) < 4.78 is 4.87. The molecule has 0 spiro atoms. The molecule has 0 radical (unpaired) electrons. The summed E-state index contributed by atoms with van der Waals surface area (Å²) in [6, 6.07) is 0.456. The summed E-state index contributed by atoms with van der Waals surface area (Å²) in [5.74, 6) is 0.105. The highest BCUT2D eigenvalue weighted by Crippen LogP contribution is 2.11. The van der Waals surface area contributed by atoms with Crippen LogP contribution >= 0.6 is 0 Å². The van der Waals surface area contributed by atoms with Gasteiger partial charge in [-0.3, -0.25) is 4.79 Å². The first-order valence-electron chi connectivity index (χ1n) is 5.26. The van der Waals surface area contributed by atoms with Crippen LogP contribution < -0.4 is 10.6 Å². The first kappa shape index (κ1) is 11.5. The number of carbonyl (C=O) groups excluding carboxylic acids is 1. The second-order valence-corrected chi connectivity index (χ2v) is 3.84. The maximum atomic E-state index is 11.6. The Balaban J connectivity index is 2.22. The average Bonchev–Trinajstić information content (AvgIpc) is 2.18. The molecule has 0 aliphatic carbocycles. The molecule has 2 atom stereocenters. The maximum Gasteiger partial charge on any atom is 0.237 e. The van der Waals surface area contributed by atoms with Crippen molar-refractivity contribution in [3.8, 4) is 0 Å². The summed E-state index contributed by atoms with van der Waals surface area (Å²) >= 11 is 0. The van der Waals surface area contributed by atoms with Crippen LogP contribution in [0.2, 0.25) is 0 Å². The van der Waals surface area contributed by atoms with Crippen LogP contribution in [0.15, 0.2) is 0 Å². The predicted octanol–water partition coefficient (Wildman–Crippen LogP) is 0.280. The summed E-state index contributed by atoms with van der Waals surface area (Å²) in [6.07, 6.45) is 3.25. The van der Waals surface area contributed by atoms with E-state index in [1.807, 2.05) is 0 Å². The first-order chi connectivity index (χ1) is 6.74. The molecule has 1 aliphatic rings. The van der Waals surface area contributed by atoms with Gasteiger partial charge in [0.1, 0.15) is 0 Å². The molecule has 1 amide bonds. The van der Waals surface area contributed by atoms with E-state index in [0.717, 1.165) is 12.8 Å². The normalized spacial score (nSPS) is 27.3. The summed E-state index contributed by atoms with van der Waals surface area (Å²) in [6.45, 7) is 3.30. The van der Waals surface area contributed by atoms with Crippen LogP contribution in [0, 0.1) is 0 Å². The quantitative estimate of drug-likeness (QED) is 0.641. The Morgan fingerprint density at radius 1 is 1.57 bits per heavy atom. The number of hydrogen-bond acceptors (Lipinski definition) is 3. The van der Waals surface area contributed by atoms with Gasteiger partial charge in [0.25, 0.3) is 0 Å². The zero-order chi connectivity index (χ0) is 10.4. The third-order valence-corrected chi connectivity index (χ3v) is 2.54. The standard InChI is InChI=1S/C10H20N2O2/c1-8-4-3-5-9(12-8)10(13)11-6-7-14-2/h8-9,12H,3-7H2,1-2H3,(H,11,13)/t8-,9+/m1/s1. The summed E-state index contributed by atoms with van der Waals surface area (Å²) in [5, 5.41) is 6.14. The van der Waals surface area contributed by atoms with E-state index >= 15 is 0 Å². The molecular weight excluding hydrogens is 180 g/mol. The van der Waals surface area contributed by atoms with Gasteiger partial charge in [-0.05, 0) is 26.2 Å². The van der Waals surface area contributed by atoms with Crippen molar-refractivity contribution in [2.45, 2.75) is 38.3 Å². The minimum atomic E-state index is -0.00407. The van der Waals surface area contributed by atoms with Crippen LogP contribution in [0.3, 0.4) is 0 Å². The van der Waals surface area contributed by atoms with Gasteiger partial charge in [-0.25, -0.2) is 0 Å². The fourth-order valence-electron chi connectivity index (χ4n) is 1.74. The lowest BCUT2D eigenvalue weighted by Gasteiger charge is -2.27. The molecule has 4 nitrogen and oxygen atoms in total. The second-order valence-electron chi connectivity index (χ2n) is 3.84. The first-order valence-corrected chi connectivity index (χ1v) is 5.26. The van der Waals surface area contributed by atoms with E-state index in [4.69, 9.17) is 4.74 Å². The van der Waals surface area contributed by atoms with Crippen molar-refractivity contribution in [2.75, 3.05) is 20.3 Å². The summed E-state index contributed by atoms with van der Waals surface area (Å²) in [5.41, 5.74) is 0. The van der Waals surface area contributed by atoms with Crippen molar-refractivity contribution in [3.63, 3.8) is 0 Å². The van der Waals surface area contributed by atoms with Crippen molar-refractivity contribution in [1.82, 2.24) is 10.6 Å². The monoisotopic (exact) mass is 200 g/mol. The van der Waals surface area contributed by atoms with Crippen molar-refractivity contribution in [2.24, 2.45) is 0 Å². The van der Waals surface area contributed by atoms with Gasteiger partial charge in [-0.2, -0.15) is 0 Å². The third kappa shape index (κ3) is 3.64. The predicted molar refractivity (Wildman–Crippen MR) is 55.1 cm³/mol.